The Bertz CT molecular complexity index is 470. The lowest BCUT2D eigenvalue weighted by Gasteiger charge is -2.14. The highest BCUT2D eigenvalue weighted by Gasteiger charge is 2.17. The van der Waals surface area contributed by atoms with Gasteiger partial charge < -0.3 is 20.5 Å². The zero-order chi connectivity index (χ0) is 17.5. The molecule has 0 aliphatic heterocycles. The largest absolute Gasteiger partial charge is 0.325 e. The average molecular weight is 598 g/mol. The van der Waals surface area contributed by atoms with Crippen molar-refractivity contribution in [2.45, 2.75) is 26.2 Å². The number of nitrogens with one attached hydrogen (secondary N) is 3. The van der Waals surface area contributed by atoms with Gasteiger partial charge in [0, 0.05) is 12.0 Å². The number of hydrogen-bond donors (Lipinski definition) is 3. The van der Waals surface area contributed by atoms with Crippen molar-refractivity contribution in [1.29, 1.82) is 0 Å². The van der Waals surface area contributed by atoms with E-state index >= 15 is 0 Å². The molecule has 1 unspecified atom stereocenters. The molecule has 5 nitrogen and oxygen atoms in total. The number of halogens is 3. The predicted molar refractivity (Wildman–Crippen MR) is 135 cm³/mol. The van der Waals surface area contributed by atoms with Crippen molar-refractivity contribution >= 4 is 63.6 Å². The van der Waals surface area contributed by atoms with E-state index in [1.165, 1.54) is 6.42 Å². The van der Waals surface area contributed by atoms with Crippen LogP contribution < -0.4 is 21.3 Å². The van der Waals surface area contributed by atoms with Gasteiger partial charge >= 0.3 is 0 Å². The Morgan fingerprint density at radius 1 is 0.815 bits per heavy atom. The van der Waals surface area contributed by atoms with Crippen molar-refractivity contribution in [3.8, 4) is 0 Å². The third-order valence-electron chi connectivity index (χ3n) is 3.72. The van der Waals surface area contributed by atoms with Crippen molar-refractivity contribution < 1.29 is 9.09 Å². The second kappa shape index (κ2) is 21.4. The first-order valence-electron chi connectivity index (χ1n) is 9.06. The van der Waals surface area contributed by atoms with Gasteiger partial charge in [-0.3, -0.25) is 4.57 Å². The van der Waals surface area contributed by atoms with Crippen molar-refractivity contribution in [1.82, 2.24) is 16.0 Å². The van der Waals surface area contributed by atoms with Crippen LogP contribution >= 0.6 is 58.3 Å². The standard InChI is InChI=1S/C18H34N3O2P.3BrH/c1-3-19-12-7-13-20-14-8-15-21-16-9-17-23-24(2,22)18-10-5-4-6-11-18;;;/h4-6,10-11,19-21H,3,7-9,12-17H2,1-2H3;3*1H. The Morgan fingerprint density at radius 2 is 1.30 bits per heavy atom. The van der Waals surface area contributed by atoms with E-state index in [-0.39, 0.29) is 50.9 Å². The zero-order valence-electron chi connectivity index (χ0n) is 16.4. The topological polar surface area (TPSA) is 62.4 Å². The fourth-order valence-electron chi connectivity index (χ4n) is 2.31. The number of benzene rings is 1. The maximum atomic E-state index is 12.5. The van der Waals surface area contributed by atoms with Gasteiger partial charge in [0.2, 0.25) is 7.37 Å². The normalized spacial score (nSPS) is 12.2. The first-order chi connectivity index (χ1) is 11.7. The average Bonchev–Trinajstić information content (AvgIpc) is 2.60. The van der Waals surface area contributed by atoms with Crippen molar-refractivity contribution in [3.05, 3.63) is 30.3 Å². The summed E-state index contributed by atoms with van der Waals surface area (Å²) in [6, 6.07) is 9.44. The van der Waals surface area contributed by atoms with Gasteiger partial charge in [0.05, 0.1) is 6.61 Å². The summed E-state index contributed by atoms with van der Waals surface area (Å²) < 4.78 is 18.1. The Labute approximate surface area is 196 Å². The van der Waals surface area contributed by atoms with Gasteiger partial charge in [0.15, 0.2) is 0 Å². The van der Waals surface area contributed by atoms with Crippen LogP contribution in [0.25, 0.3) is 0 Å². The monoisotopic (exact) mass is 595 g/mol. The Balaban J connectivity index is -0.00000192. The van der Waals surface area contributed by atoms with Crippen LogP contribution in [0.4, 0.5) is 0 Å². The Hall–Kier alpha value is 0.730. The van der Waals surface area contributed by atoms with Crippen LogP contribution in [-0.2, 0) is 9.09 Å². The van der Waals surface area contributed by atoms with Crippen LogP contribution in [0.1, 0.15) is 26.2 Å². The van der Waals surface area contributed by atoms with Crippen LogP contribution in [-0.4, -0.2) is 52.5 Å². The smallest absolute Gasteiger partial charge is 0.229 e. The van der Waals surface area contributed by atoms with E-state index in [9.17, 15) is 4.57 Å². The van der Waals surface area contributed by atoms with Gasteiger partial charge in [0.25, 0.3) is 0 Å². The molecule has 1 aromatic carbocycles. The van der Waals surface area contributed by atoms with Crippen molar-refractivity contribution in [3.63, 3.8) is 0 Å². The SMILES string of the molecule is Br.Br.Br.CCNCCCNCCCNCCCOP(C)(=O)c1ccccc1. The molecule has 1 rings (SSSR count). The number of hydrogen-bond acceptors (Lipinski definition) is 5. The summed E-state index contributed by atoms with van der Waals surface area (Å²) in [5.74, 6) is 0. The lowest BCUT2D eigenvalue weighted by Crippen LogP contribution is -2.25. The maximum absolute atomic E-state index is 12.5. The predicted octanol–water partition coefficient (Wildman–Crippen LogP) is 3.93. The molecule has 0 spiro atoms. The summed E-state index contributed by atoms with van der Waals surface area (Å²) >= 11 is 0. The van der Waals surface area contributed by atoms with E-state index < -0.39 is 7.37 Å². The van der Waals surface area contributed by atoms with Crippen LogP contribution in [0.2, 0.25) is 0 Å². The van der Waals surface area contributed by atoms with Crippen LogP contribution in [0, 0.1) is 0 Å². The van der Waals surface area contributed by atoms with Gasteiger partial charge in [-0.15, -0.1) is 50.9 Å². The molecule has 0 aliphatic rings. The van der Waals surface area contributed by atoms with Crippen LogP contribution in [0.15, 0.2) is 30.3 Å². The minimum atomic E-state index is -2.67. The summed E-state index contributed by atoms with van der Waals surface area (Å²) in [6.07, 6.45) is 3.18. The molecule has 3 N–H and O–H groups in total. The van der Waals surface area contributed by atoms with Crippen molar-refractivity contribution in [2.75, 3.05) is 52.5 Å². The molecule has 0 amide bonds. The first-order valence-corrected chi connectivity index (χ1v) is 11.1. The Morgan fingerprint density at radius 3 is 1.81 bits per heavy atom. The highest BCUT2D eigenvalue weighted by molar-refractivity contribution is 8.93. The lowest BCUT2D eigenvalue weighted by molar-refractivity contribution is 0.314. The molecule has 1 aromatic rings. The molecule has 9 heteroatoms. The molecule has 0 saturated carbocycles. The molecule has 0 heterocycles. The molecule has 0 aromatic heterocycles. The van der Waals surface area contributed by atoms with Gasteiger partial charge in [0.1, 0.15) is 0 Å². The van der Waals surface area contributed by atoms with Crippen molar-refractivity contribution in [2.24, 2.45) is 0 Å². The molecule has 1 atom stereocenters. The maximum Gasteiger partial charge on any atom is 0.229 e. The quantitative estimate of drug-likeness (QED) is 0.211. The second-order valence-corrected chi connectivity index (χ2v) is 8.40. The molecule has 162 valence electrons. The second-order valence-electron chi connectivity index (χ2n) is 5.93. The lowest BCUT2D eigenvalue weighted by atomic mass is 10.3. The zero-order valence-corrected chi connectivity index (χ0v) is 22.5. The van der Waals surface area contributed by atoms with Gasteiger partial charge in [-0.05, 0) is 70.7 Å². The fourth-order valence-corrected chi connectivity index (χ4v) is 3.65. The van der Waals surface area contributed by atoms with E-state index in [1.807, 2.05) is 30.3 Å². The van der Waals surface area contributed by atoms with E-state index in [2.05, 4.69) is 22.9 Å². The van der Waals surface area contributed by atoms with E-state index in [4.69, 9.17) is 4.52 Å². The van der Waals surface area contributed by atoms with Gasteiger partial charge in [-0.2, -0.15) is 0 Å². The van der Waals surface area contributed by atoms with E-state index in [0.29, 0.717) is 6.61 Å². The molecule has 0 bridgehead atoms. The summed E-state index contributed by atoms with van der Waals surface area (Å²) in [4.78, 5) is 0. The third kappa shape index (κ3) is 17.3. The highest BCUT2D eigenvalue weighted by Crippen LogP contribution is 2.40. The summed E-state index contributed by atoms with van der Waals surface area (Å²) in [7, 11) is -2.67. The van der Waals surface area contributed by atoms with E-state index in [1.54, 1.807) is 6.66 Å². The summed E-state index contributed by atoms with van der Waals surface area (Å²) in [5.41, 5.74) is 0. The third-order valence-corrected chi connectivity index (χ3v) is 5.64. The minimum absolute atomic E-state index is 0. The van der Waals surface area contributed by atoms with Gasteiger partial charge in [-0.1, -0.05) is 25.1 Å². The summed E-state index contributed by atoms with van der Waals surface area (Å²) in [6.45, 7) is 10.5. The van der Waals surface area contributed by atoms with Gasteiger partial charge in [-0.25, -0.2) is 0 Å². The molecular weight excluding hydrogens is 561 g/mol. The number of rotatable bonds is 15. The molecule has 0 aliphatic carbocycles. The van der Waals surface area contributed by atoms with Crippen LogP contribution in [0.5, 0.6) is 0 Å². The molecule has 0 radical (unpaired) electrons. The fraction of sp³-hybridized carbons (Fsp3) is 0.667. The minimum Gasteiger partial charge on any atom is -0.325 e. The molecule has 27 heavy (non-hydrogen) atoms. The molecular formula is C18H37Br3N3O2P. The Kier molecular flexibility index (Phi) is 25.7. The van der Waals surface area contributed by atoms with Crippen LogP contribution in [0.3, 0.4) is 0 Å². The highest BCUT2D eigenvalue weighted by atomic mass is 79.9. The first kappa shape index (κ1) is 32.4. The summed E-state index contributed by atoms with van der Waals surface area (Å²) in [5, 5.41) is 10.9. The van der Waals surface area contributed by atoms with E-state index in [0.717, 1.165) is 57.4 Å². The molecule has 0 saturated heterocycles. The molecule has 0 fully saturated rings.